The van der Waals surface area contributed by atoms with Crippen LogP contribution in [-0.4, -0.2) is 21.3 Å². The molecule has 15 heavy (non-hydrogen) atoms. The summed E-state index contributed by atoms with van der Waals surface area (Å²) in [5.41, 5.74) is 2.60. The number of aliphatic hydroxyl groups is 1. The fraction of sp³-hybridized carbons (Fsp3) is 0.750. The summed E-state index contributed by atoms with van der Waals surface area (Å²) in [5.74, 6) is 0.482. The highest BCUT2D eigenvalue weighted by atomic mass is 16.3. The van der Waals surface area contributed by atoms with Crippen LogP contribution in [0.2, 0.25) is 0 Å². The molecule has 2 rings (SSSR count). The van der Waals surface area contributed by atoms with Crippen LogP contribution in [0.1, 0.15) is 44.0 Å². The highest BCUT2D eigenvalue weighted by Gasteiger charge is 2.42. The molecule has 0 unspecified atom stereocenters. The van der Waals surface area contributed by atoms with Crippen LogP contribution in [0, 0.1) is 12.3 Å². The number of nitrogens with zero attached hydrogens (tertiary/aromatic N) is 2. The minimum atomic E-state index is 0.166. The fourth-order valence-electron chi connectivity index (χ4n) is 2.09. The largest absolute Gasteiger partial charge is 0.396 e. The van der Waals surface area contributed by atoms with E-state index < -0.39 is 0 Å². The third kappa shape index (κ3) is 1.93. The molecule has 0 radical (unpaired) electrons. The molecule has 1 fully saturated rings. The molecule has 1 aromatic heterocycles. The Kier molecular flexibility index (Phi) is 2.59. The molecule has 0 aromatic carbocycles. The van der Waals surface area contributed by atoms with Crippen molar-refractivity contribution in [3.63, 3.8) is 0 Å². The zero-order chi connectivity index (χ0) is 11.1. The standard InChI is InChI=1S/C12H20N2O/c1-9(2)11-10(3)14(8-13-11)6-12(7-15)4-5-12/h8-9,15H,4-7H2,1-3H3. The van der Waals surface area contributed by atoms with Crippen molar-refractivity contribution < 1.29 is 5.11 Å². The minimum absolute atomic E-state index is 0.166. The van der Waals surface area contributed by atoms with E-state index in [1.807, 2.05) is 6.33 Å². The van der Waals surface area contributed by atoms with E-state index in [0.29, 0.717) is 12.5 Å². The van der Waals surface area contributed by atoms with Crippen molar-refractivity contribution in [2.45, 2.75) is 46.1 Å². The Morgan fingerprint density at radius 1 is 1.53 bits per heavy atom. The number of hydrogen-bond donors (Lipinski definition) is 1. The van der Waals surface area contributed by atoms with Gasteiger partial charge in [0.05, 0.1) is 18.6 Å². The molecular formula is C12H20N2O. The molecule has 1 aliphatic carbocycles. The molecule has 84 valence electrons. The van der Waals surface area contributed by atoms with Gasteiger partial charge in [0.1, 0.15) is 0 Å². The molecule has 1 N–H and O–H groups in total. The molecule has 0 bridgehead atoms. The Morgan fingerprint density at radius 2 is 2.20 bits per heavy atom. The van der Waals surface area contributed by atoms with Crippen LogP contribution in [0.15, 0.2) is 6.33 Å². The van der Waals surface area contributed by atoms with Gasteiger partial charge in [-0.25, -0.2) is 4.98 Å². The fourth-order valence-corrected chi connectivity index (χ4v) is 2.09. The first-order chi connectivity index (χ1) is 7.08. The van der Waals surface area contributed by atoms with Crippen molar-refractivity contribution in [2.75, 3.05) is 6.61 Å². The van der Waals surface area contributed by atoms with Gasteiger partial charge in [0.2, 0.25) is 0 Å². The van der Waals surface area contributed by atoms with Crippen LogP contribution in [-0.2, 0) is 6.54 Å². The highest BCUT2D eigenvalue weighted by Crippen LogP contribution is 2.46. The van der Waals surface area contributed by atoms with Gasteiger partial charge in [-0.2, -0.15) is 0 Å². The third-order valence-corrected chi connectivity index (χ3v) is 3.48. The molecule has 1 aliphatic rings. The molecule has 1 aromatic rings. The average molecular weight is 208 g/mol. The zero-order valence-corrected chi connectivity index (χ0v) is 9.82. The van der Waals surface area contributed by atoms with Gasteiger partial charge in [0.15, 0.2) is 0 Å². The van der Waals surface area contributed by atoms with Gasteiger partial charge in [0, 0.05) is 17.7 Å². The molecule has 3 heteroatoms. The number of hydrogen-bond acceptors (Lipinski definition) is 2. The van der Waals surface area contributed by atoms with Gasteiger partial charge < -0.3 is 9.67 Å². The first-order valence-electron chi connectivity index (χ1n) is 5.70. The summed E-state index contributed by atoms with van der Waals surface area (Å²) in [5, 5.41) is 9.29. The van der Waals surface area contributed by atoms with Crippen LogP contribution in [0.5, 0.6) is 0 Å². The Morgan fingerprint density at radius 3 is 2.60 bits per heavy atom. The van der Waals surface area contributed by atoms with Gasteiger partial charge in [-0.3, -0.25) is 0 Å². The van der Waals surface area contributed by atoms with Gasteiger partial charge in [-0.05, 0) is 25.7 Å². The summed E-state index contributed by atoms with van der Waals surface area (Å²) in [4.78, 5) is 4.44. The average Bonchev–Trinajstić information content (AvgIpc) is 2.87. The van der Waals surface area contributed by atoms with E-state index in [2.05, 4.69) is 30.3 Å². The van der Waals surface area contributed by atoms with E-state index in [1.54, 1.807) is 0 Å². The summed E-state index contributed by atoms with van der Waals surface area (Å²) < 4.78 is 2.19. The third-order valence-electron chi connectivity index (χ3n) is 3.48. The number of aromatic nitrogens is 2. The predicted octanol–water partition coefficient (Wildman–Crippen LogP) is 2.09. The number of aliphatic hydroxyl groups excluding tert-OH is 1. The predicted molar refractivity (Wildman–Crippen MR) is 59.8 cm³/mol. The summed E-state index contributed by atoms with van der Waals surface area (Å²) >= 11 is 0. The molecule has 0 spiro atoms. The maximum atomic E-state index is 9.29. The second-order valence-corrected chi connectivity index (χ2v) is 5.16. The lowest BCUT2D eigenvalue weighted by atomic mass is 10.1. The van der Waals surface area contributed by atoms with Gasteiger partial charge in [-0.15, -0.1) is 0 Å². The van der Waals surface area contributed by atoms with Crippen LogP contribution >= 0.6 is 0 Å². The normalized spacial score (nSPS) is 18.5. The van der Waals surface area contributed by atoms with E-state index in [4.69, 9.17) is 0 Å². The summed E-state index contributed by atoms with van der Waals surface area (Å²) in [7, 11) is 0. The molecule has 0 atom stereocenters. The van der Waals surface area contributed by atoms with Crippen molar-refractivity contribution >= 4 is 0 Å². The molecule has 1 saturated carbocycles. The Bertz CT molecular complexity index is 351. The lowest BCUT2D eigenvalue weighted by Crippen LogP contribution is -2.16. The Labute approximate surface area is 91.1 Å². The Hall–Kier alpha value is -0.830. The molecule has 0 amide bonds. The van der Waals surface area contributed by atoms with E-state index in [9.17, 15) is 5.11 Å². The number of imidazole rings is 1. The maximum Gasteiger partial charge on any atom is 0.0951 e. The van der Waals surface area contributed by atoms with Crippen LogP contribution in [0.25, 0.3) is 0 Å². The SMILES string of the molecule is Cc1c(C(C)C)ncn1CC1(CO)CC1. The van der Waals surface area contributed by atoms with E-state index in [0.717, 1.165) is 19.4 Å². The van der Waals surface area contributed by atoms with Crippen molar-refractivity contribution in [2.24, 2.45) is 5.41 Å². The topological polar surface area (TPSA) is 38.0 Å². The van der Waals surface area contributed by atoms with Crippen molar-refractivity contribution in [3.8, 4) is 0 Å². The zero-order valence-electron chi connectivity index (χ0n) is 9.82. The van der Waals surface area contributed by atoms with Crippen LogP contribution in [0.4, 0.5) is 0 Å². The second kappa shape index (κ2) is 3.63. The summed E-state index contributed by atoms with van der Waals surface area (Å²) in [6, 6.07) is 0. The maximum absolute atomic E-state index is 9.29. The van der Waals surface area contributed by atoms with E-state index in [1.165, 1.54) is 11.4 Å². The van der Waals surface area contributed by atoms with Gasteiger partial charge >= 0.3 is 0 Å². The van der Waals surface area contributed by atoms with Crippen LogP contribution < -0.4 is 0 Å². The summed E-state index contributed by atoms with van der Waals surface area (Å²) in [6.45, 7) is 7.68. The quantitative estimate of drug-likeness (QED) is 0.822. The molecule has 0 saturated heterocycles. The molecule has 0 aliphatic heterocycles. The monoisotopic (exact) mass is 208 g/mol. The van der Waals surface area contributed by atoms with Gasteiger partial charge in [-0.1, -0.05) is 13.8 Å². The smallest absolute Gasteiger partial charge is 0.0951 e. The Balaban J connectivity index is 2.16. The van der Waals surface area contributed by atoms with Crippen molar-refractivity contribution in [1.82, 2.24) is 9.55 Å². The van der Waals surface area contributed by atoms with Crippen molar-refractivity contribution in [3.05, 3.63) is 17.7 Å². The first-order valence-corrected chi connectivity index (χ1v) is 5.70. The van der Waals surface area contributed by atoms with Gasteiger partial charge in [0.25, 0.3) is 0 Å². The lowest BCUT2D eigenvalue weighted by Gasteiger charge is -2.14. The number of rotatable bonds is 4. The van der Waals surface area contributed by atoms with E-state index in [-0.39, 0.29) is 5.41 Å². The molecular weight excluding hydrogens is 188 g/mol. The highest BCUT2D eigenvalue weighted by molar-refractivity contribution is 5.15. The lowest BCUT2D eigenvalue weighted by molar-refractivity contribution is 0.194. The molecule has 3 nitrogen and oxygen atoms in total. The minimum Gasteiger partial charge on any atom is -0.396 e. The van der Waals surface area contributed by atoms with Crippen LogP contribution in [0.3, 0.4) is 0 Å². The second-order valence-electron chi connectivity index (χ2n) is 5.16. The summed E-state index contributed by atoms with van der Waals surface area (Å²) in [6.07, 6.45) is 4.22. The van der Waals surface area contributed by atoms with Crippen molar-refractivity contribution in [1.29, 1.82) is 0 Å². The first kappa shape index (κ1) is 10.7. The van der Waals surface area contributed by atoms with E-state index >= 15 is 0 Å². The molecule has 1 heterocycles.